The number of carbonyl (C=O) groups is 2. The maximum Gasteiger partial charge on any atom is 0.376 e. The fourth-order valence-electron chi connectivity index (χ4n) is 5.16. The molecule has 0 radical (unpaired) electrons. The van der Waals surface area contributed by atoms with Crippen molar-refractivity contribution in [1.82, 2.24) is 0 Å². The molecule has 6 nitrogen and oxygen atoms in total. The minimum atomic E-state index is -0.555. The van der Waals surface area contributed by atoms with Gasteiger partial charge in [-0.3, -0.25) is 4.79 Å². The zero-order valence-electron chi connectivity index (χ0n) is 19.7. The lowest BCUT2D eigenvalue weighted by Gasteiger charge is -2.38. The van der Waals surface area contributed by atoms with Crippen molar-refractivity contribution in [3.05, 3.63) is 42.2 Å². The summed E-state index contributed by atoms with van der Waals surface area (Å²) in [6.07, 6.45) is 6.17. The van der Waals surface area contributed by atoms with Crippen molar-refractivity contribution >= 4 is 17.6 Å². The van der Waals surface area contributed by atoms with E-state index in [1.165, 1.54) is 0 Å². The molecule has 1 N–H and O–H groups in total. The first-order valence-electron chi connectivity index (χ1n) is 12.4. The van der Waals surface area contributed by atoms with E-state index >= 15 is 0 Å². The Morgan fingerprint density at radius 2 is 1.70 bits per heavy atom. The maximum atomic E-state index is 13.9. The van der Waals surface area contributed by atoms with Crippen LogP contribution in [0.15, 0.2) is 40.8 Å². The molecular weight excluding hydrogens is 418 g/mol. The highest BCUT2D eigenvalue weighted by atomic mass is 16.5. The van der Waals surface area contributed by atoms with E-state index in [2.05, 4.69) is 6.92 Å². The first-order valence-corrected chi connectivity index (χ1v) is 12.4. The number of furan rings is 1. The predicted molar refractivity (Wildman–Crippen MR) is 127 cm³/mol. The topological polar surface area (TPSA) is 80.0 Å². The van der Waals surface area contributed by atoms with Crippen molar-refractivity contribution < 1.29 is 23.8 Å². The van der Waals surface area contributed by atoms with Crippen LogP contribution in [-0.4, -0.2) is 35.7 Å². The van der Waals surface area contributed by atoms with Crippen LogP contribution in [0.5, 0.6) is 0 Å². The van der Waals surface area contributed by atoms with Gasteiger partial charge in [0.1, 0.15) is 5.76 Å². The zero-order valence-corrected chi connectivity index (χ0v) is 19.7. The minimum absolute atomic E-state index is 0.0572. The number of hydrogen-bond donors (Lipinski definition) is 1. The number of esters is 1. The number of nitrogens with zero attached hydrogens (tertiary/aromatic N) is 1. The van der Waals surface area contributed by atoms with Gasteiger partial charge >= 0.3 is 5.97 Å². The smallest absolute Gasteiger partial charge is 0.376 e. The number of carbonyl (C=O) groups excluding carboxylic acids is 2. The summed E-state index contributed by atoms with van der Waals surface area (Å²) < 4.78 is 11.3. The van der Waals surface area contributed by atoms with Crippen LogP contribution in [0, 0.1) is 11.8 Å². The second-order valence-electron chi connectivity index (χ2n) is 9.54. The molecule has 0 atom stereocenters. The summed E-state index contributed by atoms with van der Waals surface area (Å²) in [5.74, 6) is 0.716. The van der Waals surface area contributed by atoms with Gasteiger partial charge in [0.05, 0.1) is 18.4 Å². The Bertz CT molecular complexity index is 937. The summed E-state index contributed by atoms with van der Waals surface area (Å²) in [7, 11) is 0. The van der Waals surface area contributed by atoms with E-state index in [4.69, 9.17) is 9.15 Å². The zero-order chi connectivity index (χ0) is 23.4. The van der Waals surface area contributed by atoms with E-state index in [-0.39, 0.29) is 36.3 Å². The number of aliphatic hydroxyl groups excluding tert-OH is 1. The summed E-state index contributed by atoms with van der Waals surface area (Å²) >= 11 is 0. The summed E-state index contributed by atoms with van der Waals surface area (Å²) in [5, 5.41) is 10.1. The number of anilines is 1. The highest BCUT2D eigenvalue weighted by Gasteiger charge is 2.38. The Morgan fingerprint density at radius 1 is 1.03 bits per heavy atom. The Kier molecular flexibility index (Phi) is 7.53. The molecule has 33 heavy (non-hydrogen) atoms. The van der Waals surface area contributed by atoms with Gasteiger partial charge in [-0.1, -0.05) is 37.3 Å². The molecular formula is C27H35NO5. The Balaban J connectivity index is 1.75. The molecule has 1 heterocycles. The third-order valence-corrected chi connectivity index (χ3v) is 7.13. The Morgan fingerprint density at radius 3 is 2.33 bits per heavy atom. The molecule has 1 amide bonds. The van der Waals surface area contributed by atoms with Gasteiger partial charge in [0.15, 0.2) is 0 Å². The van der Waals surface area contributed by atoms with E-state index < -0.39 is 5.97 Å². The molecule has 6 heteroatoms. The van der Waals surface area contributed by atoms with E-state index in [0.29, 0.717) is 43.0 Å². The van der Waals surface area contributed by atoms with Crippen LogP contribution >= 0.6 is 0 Å². The molecule has 2 aromatic rings. The standard InChI is InChI=1S/C27H35NO5/c1-3-32-27(31)25-23(17-24(33-25)19-7-5-4-6-8-19)28(21-13-15-22(29)16-14-21)26(30)20-11-9-18(2)10-12-20/h4-8,17-18,20-22,29H,3,9-16H2,1-2H3. The van der Waals surface area contributed by atoms with Gasteiger partial charge in [0.25, 0.3) is 0 Å². The quantitative estimate of drug-likeness (QED) is 0.577. The minimum Gasteiger partial charge on any atom is -0.460 e. The summed E-state index contributed by atoms with van der Waals surface area (Å²) in [6, 6.07) is 11.3. The van der Waals surface area contributed by atoms with Gasteiger partial charge < -0.3 is 19.2 Å². The molecule has 2 aliphatic rings. The van der Waals surface area contributed by atoms with E-state index in [1.54, 1.807) is 6.92 Å². The summed E-state index contributed by atoms with van der Waals surface area (Å²) in [4.78, 5) is 28.6. The van der Waals surface area contributed by atoms with E-state index in [0.717, 1.165) is 31.2 Å². The van der Waals surface area contributed by atoms with Gasteiger partial charge in [-0.05, 0) is 64.2 Å². The summed E-state index contributed by atoms with van der Waals surface area (Å²) in [5.41, 5.74) is 1.34. The number of rotatable bonds is 6. The second-order valence-corrected chi connectivity index (χ2v) is 9.54. The third-order valence-electron chi connectivity index (χ3n) is 7.13. The van der Waals surface area contributed by atoms with Crippen LogP contribution in [0.4, 0.5) is 5.69 Å². The number of amides is 1. The first-order chi connectivity index (χ1) is 16.0. The third kappa shape index (κ3) is 5.32. The van der Waals surface area contributed by atoms with Gasteiger partial charge in [-0.2, -0.15) is 0 Å². The van der Waals surface area contributed by atoms with Crippen molar-refractivity contribution in [2.75, 3.05) is 11.5 Å². The van der Waals surface area contributed by atoms with Gasteiger partial charge in [-0.25, -0.2) is 4.79 Å². The molecule has 2 aliphatic carbocycles. The average molecular weight is 454 g/mol. The lowest BCUT2D eigenvalue weighted by atomic mass is 9.81. The van der Waals surface area contributed by atoms with Crippen LogP contribution in [-0.2, 0) is 9.53 Å². The normalized spacial score (nSPS) is 25.4. The molecule has 0 aliphatic heterocycles. The molecule has 2 fully saturated rings. The fraction of sp³-hybridized carbons (Fsp3) is 0.556. The van der Waals surface area contributed by atoms with Crippen LogP contribution in [0.3, 0.4) is 0 Å². The van der Waals surface area contributed by atoms with Crippen molar-refractivity contribution in [2.24, 2.45) is 11.8 Å². The second kappa shape index (κ2) is 10.6. The number of ether oxygens (including phenoxy) is 1. The molecule has 0 bridgehead atoms. The van der Waals surface area contributed by atoms with Crippen LogP contribution < -0.4 is 4.90 Å². The van der Waals surface area contributed by atoms with Crippen LogP contribution in [0.25, 0.3) is 11.3 Å². The Hall–Kier alpha value is -2.60. The fourth-order valence-corrected chi connectivity index (χ4v) is 5.16. The monoisotopic (exact) mass is 453 g/mol. The SMILES string of the molecule is CCOC(=O)c1oc(-c2ccccc2)cc1N(C(=O)C1CCC(C)CC1)C1CCC(O)CC1. The van der Waals surface area contributed by atoms with E-state index in [9.17, 15) is 14.7 Å². The highest BCUT2D eigenvalue weighted by Crippen LogP contribution is 2.39. The highest BCUT2D eigenvalue weighted by molar-refractivity contribution is 6.03. The number of hydrogen-bond acceptors (Lipinski definition) is 5. The average Bonchev–Trinajstić information content (AvgIpc) is 3.27. The van der Waals surface area contributed by atoms with Crippen molar-refractivity contribution in [3.63, 3.8) is 0 Å². The largest absolute Gasteiger partial charge is 0.460 e. The number of benzene rings is 1. The molecule has 1 aromatic carbocycles. The molecule has 0 unspecified atom stereocenters. The predicted octanol–water partition coefficient (Wildman–Crippen LogP) is 5.59. The van der Waals surface area contributed by atoms with Gasteiger partial charge in [0.2, 0.25) is 11.7 Å². The maximum absolute atomic E-state index is 13.9. The molecule has 178 valence electrons. The Labute approximate surface area is 195 Å². The lowest BCUT2D eigenvalue weighted by Crippen LogP contribution is -2.47. The molecule has 0 spiro atoms. The van der Waals surface area contributed by atoms with Crippen LogP contribution in [0.1, 0.15) is 75.8 Å². The lowest BCUT2D eigenvalue weighted by molar-refractivity contribution is -0.124. The van der Waals surface area contributed by atoms with Crippen molar-refractivity contribution in [1.29, 1.82) is 0 Å². The van der Waals surface area contributed by atoms with Crippen LogP contribution in [0.2, 0.25) is 0 Å². The van der Waals surface area contributed by atoms with Crippen molar-refractivity contribution in [2.45, 2.75) is 77.4 Å². The van der Waals surface area contributed by atoms with Crippen molar-refractivity contribution in [3.8, 4) is 11.3 Å². The molecule has 4 rings (SSSR count). The molecule has 0 saturated heterocycles. The summed E-state index contributed by atoms with van der Waals surface area (Å²) in [6.45, 7) is 4.22. The van der Waals surface area contributed by atoms with Gasteiger partial charge in [-0.15, -0.1) is 0 Å². The first kappa shape index (κ1) is 23.6. The molecule has 2 saturated carbocycles. The van der Waals surface area contributed by atoms with E-state index in [1.807, 2.05) is 41.3 Å². The van der Waals surface area contributed by atoms with Gasteiger partial charge in [0, 0.05) is 23.6 Å². The number of aliphatic hydroxyl groups is 1. The molecule has 1 aromatic heterocycles.